The van der Waals surface area contributed by atoms with E-state index in [1.165, 1.54) is 23.6 Å². The first-order valence-corrected chi connectivity index (χ1v) is 6.21. The van der Waals surface area contributed by atoms with Gasteiger partial charge in [0.05, 0.1) is 7.11 Å². The largest absolute Gasteiger partial charge is 0.468 e. The Labute approximate surface area is 104 Å². The third kappa shape index (κ3) is 5.14. The van der Waals surface area contributed by atoms with Crippen LogP contribution in [0.2, 0.25) is 0 Å². The minimum Gasteiger partial charge on any atom is -0.468 e. The lowest BCUT2D eigenvalue weighted by Crippen LogP contribution is -2.13. The number of carbonyl (C=O) groups is 1. The predicted molar refractivity (Wildman–Crippen MR) is 61.7 cm³/mol. The fourth-order valence-corrected chi connectivity index (χ4v) is 1.97. The molecule has 0 aliphatic rings. The highest BCUT2D eigenvalue weighted by atomic mass is 32.2. The fourth-order valence-electron chi connectivity index (χ4n) is 1.10. The number of tetrazole rings is 1. The van der Waals surface area contributed by atoms with Crippen LogP contribution in [0.3, 0.4) is 0 Å². The average molecular weight is 260 g/mol. The summed E-state index contributed by atoms with van der Waals surface area (Å²) in [6, 6.07) is 0. The van der Waals surface area contributed by atoms with Gasteiger partial charge in [-0.15, -0.1) is 5.10 Å². The first-order valence-electron chi connectivity index (χ1n) is 5.22. The SMILES string of the molecule is COCCCCSc1nnnn1CC(=O)OC. The molecule has 7 nitrogen and oxygen atoms in total. The van der Waals surface area contributed by atoms with E-state index in [-0.39, 0.29) is 12.5 Å². The molecule has 0 radical (unpaired) electrons. The smallest absolute Gasteiger partial charge is 0.327 e. The Balaban J connectivity index is 2.33. The van der Waals surface area contributed by atoms with Crippen molar-refractivity contribution in [1.82, 2.24) is 20.2 Å². The number of carbonyl (C=O) groups excluding carboxylic acids is 1. The number of hydrogen-bond acceptors (Lipinski definition) is 7. The Hall–Kier alpha value is -1.15. The second-order valence-electron chi connectivity index (χ2n) is 3.24. The van der Waals surface area contributed by atoms with E-state index in [1.807, 2.05) is 0 Å². The van der Waals surface area contributed by atoms with E-state index in [0.29, 0.717) is 5.16 Å². The fraction of sp³-hybridized carbons (Fsp3) is 0.778. The van der Waals surface area contributed by atoms with Gasteiger partial charge in [0.15, 0.2) is 0 Å². The molecule has 0 atom stereocenters. The van der Waals surface area contributed by atoms with E-state index in [0.717, 1.165) is 25.2 Å². The van der Waals surface area contributed by atoms with Gasteiger partial charge in [-0.3, -0.25) is 4.79 Å². The zero-order chi connectivity index (χ0) is 12.5. The third-order valence-corrected chi connectivity index (χ3v) is 3.02. The Morgan fingerprint density at radius 1 is 1.41 bits per heavy atom. The molecule has 0 unspecified atom stereocenters. The number of thioether (sulfide) groups is 1. The lowest BCUT2D eigenvalue weighted by atomic mass is 10.4. The van der Waals surface area contributed by atoms with Gasteiger partial charge in [0.25, 0.3) is 0 Å². The Bertz CT molecular complexity index is 345. The molecule has 0 N–H and O–H groups in total. The quantitative estimate of drug-likeness (QED) is 0.379. The van der Waals surface area contributed by atoms with E-state index in [2.05, 4.69) is 20.3 Å². The molecule has 0 amide bonds. The van der Waals surface area contributed by atoms with Gasteiger partial charge in [0.2, 0.25) is 5.16 Å². The minimum atomic E-state index is -0.362. The number of rotatable bonds is 8. The molecule has 0 aliphatic carbocycles. The van der Waals surface area contributed by atoms with Crippen LogP contribution in [0.25, 0.3) is 0 Å². The number of nitrogens with zero attached hydrogens (tertiary/aromatic N) is 4. The molecule has 1 heterocycles. The molecule has 17 heavy (non-hydrogen) atoms. The Morgan fingerprint density at radius 3 is 2.94 bits per heavy atom. The summed E-state index contributed by atoms with van der Waals surface area (Å²) in [7, 11) is 3.02. The molecule has 0 spiro atoms. The van der Waals surface area contributed by atoms with Gasteiger partial charge in [0, 0.05) is 19.5 Å². The summed E-state index contributed by atoms with van der Waals surface area (Å²) in [6.07, 6.45) is 2.02. The third-order valence-electron chi connectivity index (χ3n) is 1.98. The zero-order valence-electron chi connectivity index (χ0n) is 9.96. The van der Waals surface area contributed by atoms with Crippen molar-refractivity contribution in [3.8, 4) is 0 Å². The number of esters is 1. The molecule has 96 valence electrons. The summed E-state index contributed by atoms with van der Waals surface area (Å²) in [5, 5.41) is 11.7. The van der Waals surface area contributed by atoms with Crippen LogP contribution in [-0.4, -0.2) is 52.8 Å². The number of ether oxygens (including phenoxy) is 2. The van der Waals surface area contributed by atoms with Crippen LogP contribution in [0, 0.1) is 0 Å². The molecule has 1 aromatic rings. The van der Waals surface area contributed by atoms with Crippen molar-refractivity contribution in [3.63, 3.8) is 0 Å². The minimum absolute atomic E-state index is 0.0455. The number of hydrogen-bond donors (Lipinski definition) is 0. The summed E-state index contributed by atoms with van der Waals surface area (Å²) >= 11 is 1.52. The van der Waals surface area contributed by atoms with E-state index >= 15 is 0 Å². The van der Waals surface area contributed by atoms with Gasteiger partial charge in [0.1, 0.15) is 6.54 Å². The summed E-state index contributed by atoms with van der Waals surface area (Å²) in [5.74, 6) is 0.531. The maximum absolute atomic E-state index is 11.1. The van der Waals surface area contributed by atoms with Crippen molar-refractivity contribution in [1.29, 1.82) is 0 Å². The van der Waals surface area contributed by atoms with Crippen LogP contribution in [-0.2, 0) is 20.8 Å². The van der Waals surface area contributed by atoms with Gasteiger partial charge in [-0.05, 0) is 23.3 Å². The maximum Gasteiger partial charge on any atom is 0.327 e. The Kier molecular flexibility index (Phi) is 6.56. The molecular formula is C9H16N4O3S. The van der Waals surface area contributed by atoms with Crippen LogP contribution >= 0.6 is 11.8 Å². The molecule has 0 saturated carbocycles. The van der Waals surface area contributed by atoms with Crippen LogP contribution in [0.15, 0.2) is 5.16 Å². The van der Waals surface area contributed by atoms with Crippen molar-refractivity contribution >= 4 is 17.7 Å². The summed E-state index contributed by atoms with van der Waals surface area (Å²) < 4.78 is 10.9. The highest BCUT2D eigenvalue weighted by Crippen LogP contribution is 2.15. The second-order valence-corrected chi connectivity index (χ2v) is 4.31. The number of methoxy groups -OCH3 is 2. The van der Waals surface area contributed by atoms with Crippen molar-refractivity contribution in [2.24, 2.45) is 0 Å². The monoisotopic (exact) mass is 260 g/mol. The molecule has 0 fully saturated rings. The van der Waals surface area contributed by atoms with E-state index in [1.54, 1.807) is 7.11 Å². The highest BCUT2D eigenvalue weighted by Gasteiger charge is 2.10. The van der Waals surface area contributed by atoms with Crippen molar-refractivity contribution in [3.05, 3.63) is 0 Å². The van der Waals surface area contributed by atoms with Gasteiger partial charge in [-0.2, -0.15) is 0 Å². The van der Waals surface area contributed by atoms with Crippen LogP contribution in [0.4, 0.5) is 0 Å². The summed E-state index contributed by atoms with van der Waals surface area (Å²) in [5.41, 5.74) is 0. The van der Waals surface area contributed by atoms with Gasteiger partial charge >= 0.3 is 5.97 Å². The summed E-state index contributed by atoms with van der Waals surface area (Å²) in [6.45, 7) is 0.803. The molecule has 8 heteroatoms. The van der Waals surface area contributed by atoms with Gasteiger partial charge < -0.3 is 9.47 Å². The topological polar surface area (TPSA) is 79.1 Å². The standard InChI is InChI=1S/C9H16N4O3S/c1-15-5-3-4-6-17-9-10-11-12-13(9)7-8(14)16-2/h3-7H2,1-2H3. The molecule has 0 bridgehead atoms. The Morgan fingerprint density at radius 2 is 2.24 bits per heavy atom. The highest BCUT2D eigenvalue weighted by molar-refractivity contribution is 7.99. The van der Waals surface area contributed by atoms with Crippen LogP contribution in [0.5, 0.6) is 0 Å². The lowest BCUT2D eigenvalue weighted by molar-refractivity contribution is -0.141. The normalized spacial score (nSPS) is 10.5. The second kappa shape index (κ2) is 8.02. The van der Waals surface area contributed by atoms with Crippen LogP contribution in [0.1, 0.15) is 12.8 Å². The average Bonchev–Trinajstić information content (AvgIpc) is 2.76. The molecule has 0 saturated heterocycles. The van der Waals surface area contributed by atoms with Crippen molar-refractivity contribution in [2.75, 3.05) is 26.6 Å². The van der Waals surface area contributed by atoms with Crippen molar-refractivity contribution < 1.29 is 14.3 Å². The number of aromatic nitrogens is 4. The predicted octanol–water partition coefficient (Wildman–Crippen LogP) is 0.365. The maximum atomic E-state index is 11.1. The van der Waals surface area contributed by atoms with Gasteiger partial charge in [-0.25, -0.2) is 4.68 Å². The first-order chi connectivity index (χ1) is 8.27. The first kappa shape index (κ1) is 13.9. The lowest BCUT2D eigenvalue weighted by Gasteiger charge is -2.02. The molecular weight excluding hydrogens is 244 g/mol. The van der Waals surface area contributed by atoms with Crippen LogP contribution < -0.4 is 0 Å². The molecule has 1 rings (SSSR count). The van der Waals surface area contributed by atoms with E-state index in [9.17, 15) is 4.79 Å². The summed E-state index contributed by atoms with van der Waals surface area (Å²) in [4.78, 5) is 11.1. The molecule has 1 aromatic heterocycles. The van der Waals surface area contributed by atoms with Crippen molar-refractivity contribution in [2.45, 2.75) is 24.5 Å². The number of unbranched alkanes of at least 4 members (excludes halogenated alkanes) is 1. The van der Waals surface area contributed by atoms with Gasteiger partial charge in [-0.1, -0.05) is 11.8 Å². The van der Waals surface area contributed by atoms with E-state index in [4.69, 9.17) is 4.74 Å². The molecule has 0 aromatic carbocycles. The zero-order valence-corrected chi connectivity index (χ0v) is 10.8. The molecule has 0 aliphatic heterocycles. The van der Waals surface area contributed by atoms with E-state index < -0.39 is 0 Å².